The van der Waals surface area contributed by atoms with Gasteiger partial charge in [-0.1, -0.05) is 0 Å². The normalized spacial score (nSPS) is 16.7. The Morgan fingerprint density at radius 1 is 1.56 bits per heavy atom. The molecule has 5 heteroatoms. The number of aromatic hydroxyl groups is 1. The van der Waals surface area contributed by atoms with Gasteiger partial charge >= 0.3 is 5.97 Å². The molecular weight excluding hydrogens is 232 g/mol. The first kappa shape index (κ1) is 11.1. The summed E-state index contributed by atoms with van der Waals surface area (Å²) in [7, 11) is 0. The zero-order chi connectivity index (χ0) is 12.8. The van der Waals surface area contributed by atoms with Crippen LogP contribution in [0.4, 0.5) is 0 Å². The fourth-order valence-corrected chi connectivity index (χ4v) is 2.16. The lowest BCUT2D eigenvalue weighted by Gasteiger charge is -2.10. The molecule has 2 aromatic rings. The minimum Gasteiger partial charge on any atom is -0.508 e. The monoisotopic (exact) mass is 246 g/mol. The Hall–Kier alpha value is -2.04. The second-order valence-electron chi connectivity index (χ2n) is 4.59. The Bertz CT molecular complexity index is 614. The number of hydrogen-bond acceptors (Lipinski definition) is 4. The van der Waals surface area contributed by atoms with Crippen molar-refractivity contribution in [2.75, 3.05) is 6.61 Å². The summed E-state index contributed by atoms with van der Waals surface area (Å²) in [5, 5.41) is 9.41. The summed E-state index contributed by atoms with van der Waals surface area (Å²) in [6, 6.07) is 4.91. The van der Waals surface area contributed by atoms with E-state index in [1.54, 1.807) is 25.1 Å². The molecule has 5 nitrogen and oxygen atoms in total. The lowest BCUT2D eigenvalue weighted by atomic mass is 10.1. The van der Waals surface area contributed by atoms with E-state index in [9.17, 15) is 9.90 Å². The van der Waals surface area contributed by atoms with E-state index in [0.29, 0.717) is 12.4 Å². The van der Waals surface area contributed by atoms with Crippen LogP contribution in [0.3, 0.4) is 0 Å². The van der Waals surface area contributed by atoms with E-state index in [2.05, 4.69) is 9.97 Å². The molecule has 0 spiro atoms. The predicted molar refractivity (Wildman–Crippen MR) is 65.3 cm³/mol. The first-order valence-corrected chi connectivity index (χ1v) is 6.02. The molecule has 1 saturated carbocycles. The van der Waals surface area contributed by atoms with E-state index in [1.807, 2.05) is 0 Å². The summed E-state index contributed by atoms with van der Waals surface area (Å²) >= 11 is 0. The van der Waals surface area contributed by atoms with Crippen LogP contribution in [-0.4, -0.2) is 27.7 Å². The highest BCUT2D eigenvalue weighted by molar-refractivity contribution is 5.87. The third kappa shape index (κ3) is 1.54. The number of fused-ring (bicyclic) bond motifs is 1. The second kappa shape index (κ2) is 3.73. The van der Waals surface area contributed by atoms with Gasteiger partial charge in [0.2, 0.25) is 0 Å². The van der Waals surface area contributed by atoms with Crippen LogP contribution in [-0.2, 0) is 14.9 Å². The average molecular weight is 246 g/mol. The van der Waals surface area contributed by atoms with Crippen LogP contribution in [0.2, 0.25) is 0 Å². The number of nitrogens with one attached hydrogen (secondary N) is 1. The van der Waals surface area contributed by atoms with Gasteiger partial charge in [0.05, 0.1) is 17.6 Å². The number of H-pyrrole nitrogens is 1. The number of phenolic OH excluding ortho intramolecular Hbond substituents is 1. The summed E-state index contributed by atoms with van der Waals surface area (Å²) in [6.07, 6.45) is 1.52. The zero-order valence-electron chi connectivity index (χ0n) is 10.1. The first-order chi connectivity index (χ1) is 8.65. The highest BCUT2D eigenvalue weighted by Gasteiger charge is 2.55. The minimum absolute atomic E-state index is 0.179. The highest BCUT2D eigenvalue weighted by atomic mass is 16.5. The van der Waals surface area contributed by atoms with Gasteiger partial charge in [0.15, 0.2) is 0 Å². The van der Waals surface area contributed by atoms with Crippen molar-refractivity contribution >= 4 is 17.0 Å². The van der Waals surface area contributed by atoms with Gasteiger partial charge in [-0.3, -0.25) is 4.79 Å². The number of aromatic amines is 1. The van der Waals surface area contributed by atoms with Gasteiger partial charge in [-0.05, 0) is 31.9 Å². The highest BCUT2D eigenvalue weighted by Crippen LogP contribution is 2.48. The van der Waals surface area contributed by atoms with E-state index in [0.717, 1.165) is 23.9 Å². The van der Waals surface area contributed by atoms with Crippen molar-refractivity contribution in [3.63, 3.8) is 0 Å². The number of nitrogens with zero attached hydrogens (tertiary/aromatic N) is 1. The molecule has 0 aliphatic heterocycles. The van der Waals surface area contributed by atoms with E-state index in [1.165, 1.54) is 0 Å². The number of aromatic nitrogens is 2. The molecule has 1 aromatic heterocycles. The van der Waals surface area contributed by atoms with Crippen LogP contribution in [0.1, 0.15) is 25.6 Å². The predicted octanol–water partition coefficient (Wildman–Crippen LogP) is 1.86. The number of carbonyl (C=O) groups excluding carboxylic acids is 1. The number of carbonyl (C=O) groups is 1. The third-order valence-corrected chi connectivity index (χ3v) is 3.33. The molecule has 0 radical (unpaired) electrons. The lowest BCUT2D eigenvalue weighted by Crippen LogP contribution is -2.24. The molecule has 3 rings (SSSR count). The van der Waals surface area contributed by atoms with Crippen molar-refractivity contribution < 1.29 is 14.6 Å². The fourth-order valence-electron chi connectivity index (χ4n) is 2.16. The quantitative estimate of drug-likeness (QED) is 0.810. The molecule has 0 bridgehead atoms. The van der Waals surface area contributed by atoms with Gasteiger partial charge in [-0.2, -0.15) is 0 Å². The fraction of sp³-hybridized carbons (Fsp3) is 0.385. The number of phenols is 1. The summed E-state index contributed by atoms with van der Waals surface area (Å²) in [5.41, 5.74) is 0.893. The molecule has 18 heavy (non-hydrogen) atoms. The average Bonchev–Trinajstić information content (AvgIpc) is 3.05. The topological polar surface area (TPSA) is 75.2 Å². The van der Waals surface area contributed by atoms with E-state index < -0.39 is 5.41 Å². The van der Waals surface area contributed by atoms with Crippen LogP contribution in [0, 0.1) is 0 Å². The summed E-state index contributed by atoms with van der Waals surface area (Å²) in [6.45, 7) is 2.17. The van der Waals surface area contributed by atoms with Gasteiger partial charge in [-0.25, -0.2) is 4.98 Å². The van der Waals surface area contributed by atoms with Crippen molar-refractivity contribution in [2.45, 2.75) is 25.2 Å². The van der Waals surface area contributed by atoms with Gasteiger partial charge in [0.1, 0.15) is 17.0 Å². The smallest absolute Gasteiger partial charge is 0.319 e. The Balaban J connectivity index is 2.02. The molecule has 0 saturated heterocycles. The van der Waals surface area contributed by atoms with Crippen molar-refractivity contribution in [2.24, 2.45) is 0 Å². The molecule has 0 amide bonds. The Morgan fingerprint density at radius 2 is 2.33 bits per heavy atom. The Kier molecular flexibility index (Phi) is 2.29. The number of ether oxygens (including phenoxy) is 1. The second-order valence-corrected chi connectivity index (χ2v) is 4.59. The van der Waals surface area contributed by atoms with Gasteiger partial charge in [0, 0.05) is 6.07 Å². The SMILES string of the molecule is CCOC(=O)C1(c2nc3ccc(O)cc3[nH]2)CC1. The minimum atomic E-state index is -0.593. The van der Waals surface area contributed by atoms with Gasteiger partial charge in [-0.15, -0.1) is 0 Å². The van der Waals surface area contributed by atoms with Crippen molar-refractivity contribution in [1.82, 2.24) is 9.97 Å². The van der Waals surface area contributed by atoms with Crippen LogP contribution in [0.15, 0.2) is 18.2 Å². The first-order valence-electron chi connectivity index (χ1n) is 6.02. The lowest BCUT2D eigenvalue weighted by molar-refractivity contribution is -0.146. The number of rotatable bonds is 3. The van der Waals surface area contributed by atoms with Gasteiger partial charge in [0.25, 0.3) is 0 Å². The van der Waals surface area contributed by atoms with Crippen molar-refractivity contribution in [3.05, 3.63) is 24.0 Å². The maximum atomic E-state index is 11.9. The number of benzene rings is 1. The standard InChI is InChI=1S/C13H14N2O3/c1-2-18-12(17)13(5-6-13)11-14-9-4-3-8(16)7-10(9)15-11/h3-4,7,16H,2,5-6H2,1H3,(H,14,15). The molecule has 1 aliphatic rings. The molecule has 94 valence electrons. The van der Waals surface area contributed by atoms with Crippen LogP contribution in [0.5, 0.6) is 5.75 Å². The number of esters is 1. The Labute approximate surface area is 104 Å². The van der Waals surface area contributed by atoms with Crippen molar-refractivity contribution in [1.29, 1.82) is 0 Å². The third-order valence-electron chi connectivity index (χ3n) is 3.33. The van der Waals surface area contributed by atoms with E-state index in [4.69, 9.17) is 4.74 Å². The molecule has 1 aliphatic carbocycles. The number of hydrogen-bond donors (Lipinski definition) is 2. The molecule has 1 fully saturated rings. The zero-order valence-corrected chi connectivity index (χ0v) is 10.1. The van der Waals surface area contributed by atoms with Crippen LogP contribution >= 0.6 is 0 Å². The summed E-state index contributed by atoms with van der Waals surface area (Å²) < 4.78 is 5.09. The molecule has 0 unspecified atom stereocenters. The Morgan fingerprint density at radius 3 is 3.00 bits per heavy atom. The molecule has 1 aromatic carbocycles. The molecule has 0 atom stereocenters. The van der Waals surface area contributed by atoms with Crippen molar-refractivity contribution in [3.8, 4) is 5.75 Å². The van der Waals surface area contributed by atoms with E-state index >= 15 is 0 Å². The van der Waals surface area contributed by atoms with Gasteiger partial charge < -0.3 is 14.8 Å². The summed E-state index contributed by atoms with van der Waals surface area (Å²) in [4.78, 5) is 19.5. The van der Waals surface area contributed by atoms with Crippen LogP contribution in [0.25, 0.3) is 11.0 Å². The van der Waals surface area contributed by atoms with Crippen LogP contribution < -0.4 is 0 Å². The molecule has 2 N–H and O–H groups in total. The molecule has 1 heterocycles. The maximum Gasteiger partial charge on any atom is 0.319 e. The van der Waals surface area contributed by atoms with E-state index in [-0.39, 0.29) is 11.7 Å². The largest absolute Gasteiger partial charge is 0.508 e. The molecular formula is C13H14N2O3. The maximum absolute atomic E-state index is 11.9. The number of imidazole rings is 1. The summed E-state index contributed by atoms with van der Waals surface area (Å²) in [5.74, 6) is 0.605.